The van der Waals surface area contributed by atoms with Gasteiger partial charge in [0.15, 0.2) is 9.84 Å². The summed E-state index contributed by atoms with van der Waals surface area (Å²) in [6, 6.07) is 9.33. The van der Waals surface area contributed by atoms with E-state index in [4.69, 9.17) is 0 Å². The van der Waals surface area contributed by atoms with Gasteiger partial charge in [-0.3, -0.25) is 14.4 Å². The molecule has 1 amide bonds. The Morgan fingerprint density at radius 1 is 1.16 bits per heavy atom. The average molecular weight is 362 g/mol. The molecule has 1 fully saturated rings. The highest BCUT2D eigenvalue weighted by molar-refractivity contribution is 7.91. The first-order valence-corrected chi connectivity index (χ1v) is 10.1. The van der Waals surface area contributed by atoms with Crippen LogP contribution < -0.4 is 5.32 Å². The fourth-order valence-electron chi connectivity index (χ4n) is 2.75. The number of carbonyl (C=O) groups is 1. The van der Waals surface area contributed by atoms with Crippen molar-refractivity contribution in [1.29, 1.82) is 0 Å². The maximum atomic E-state index is 12.2. The molecular weight excluding hydrogens is 340 g/mol. The smallest absolute Gasteiger partial charge is 0.251 e. The third-order valence-electron chi connectivity index (χ3n) is 4.27. The van der Waals surface area contributed by atoms with Gasteiger partial charge in [0.1, 0.15) is 0 Å². The van der Waals surface area contributed by atoms with Gasteiger partial charge in [-0.2, -0.15) is 5.10 Å². The molecule has 0 saturated carbocycles. The van der Waals surface area contributed by atoms with E-state index in [1.807, 2.05) is 41.2 Å². The Labute approximate surface area is 147 Å². The lowest BCUT2D eigenvalue weighted by atomic mass is 10.1. The summed E-state index contributed by atoms with van der Waals surface area (Å²) in [5, 5.41) is 7.04. The molecule has 1 aliphatic heterocycles. The Balaban J connectivity index is 1.43. The van der Waals surface area contributed by atoms with E-state index in [1.165, 1.54) is 0 Å². The summed E-state index contributed by atoms with van der Waals surface area (Å²) in [5.41, 5.74) is 1.69. The van der Waals surface area contributed by atoms with Gasteiger partial charge < -0.3 is 5.32 Å². The first-order valence-electron chi connectivity index (χ1n) is 8.29. The van der Waals surface area contributed by atoms with Crippen LogP contribution in [-0.4, -0.2) is 66.7 Å². The number of rotatable bonds is 6. The third kappa shape index (κ3) is 5.14. The van der Waals surface area contributed by atoms with Crippen LogP contribution in [0.1, 0.15) is 15.9 Å². The second-order valence-corrected chi connectivity index (χ2v) is 8.45. The van der Waals surface area contributed by atoms with Crippen LogP contribution in [0.5, 0.6) is 0 Å². The van der Waals surface area contributed by atoms with Crippen molar-refractivity contribution in [3.05, 3.63) is 53.9 Å². The topological polar surface area (TPSA) is 84.3 Å². The molecule has 0 radical (unpaired) electrons. The van der Waals surface area contributed by atoms with Crippen molar-refractivity contribution in [2.45, 2.75) is 6.54 Å². The van der Waals surface area contributed by atoms with Crippen LogP contribution in [0, 0.1) is 0 Å². The van der Waals surface area contributed by atoms with Crippen LogP contribution >= 0.6 is 0 Å². The lowest BCUT2D eigenvalue weighted by Crippen LogP contribution is -2.43. The number of aromatic nitrogens is 2. The van der Waals surface area contributed by atoms with E-state index in [9.17, 15) is 13.2 Å². The summed E-state index contributed by atoms with van der Waals surface area (Å²) >= 11 is 0. The zero-order valence-electron chi connectivity index (χ0n) is 14.0. The van der Waals surface area contributed by atoms with Gasteiger partial charge in [-0.05, 0) is 23.8 Å². The van der Waals surface area contributed by atoms with Crippen molar-refractivity contribution in [2.24, 2.45) is 0 Å². The summed E-state index contributed by atoms with van der Waals surface area (Å²) < 4.78 is 24.6. The quantitative estimate of drug-likeness (QED) is 0.804. The summed E-state index contributed by atoms with van der Waals surface area (Å²) in [4.78, 5) is 14.2. The number of nitrogens with one attached hydrogen (secondary N) is 1. The molecule has 1 saturated heterocycles. The average Bonchev–Trinajstić information content (AvgIpc) is 3.10. The molecule has 0 bridgehead atoms. The molecular formula is C17H22N4O3S. The maximum Gasteiger partial charge on any atom is 0.251 e. The number of carbonyl (C=O) groups excluding carboxylic acids is 1. The predicted molar refractivity (Wildman–Crippen MR) is 95.2 cm³/mol. The van der Waals surface area contributed by atoms with Crippen LogP contribution in [0.25, 0.3) is 0 Å². The van der Waals surface area contributed by atoms with Gasteiger partial charge in [0.05, 0.1) is 18.1 Å². The minimum Gasteiger partial charge on any atom is -0.351 e. The molecule has 7 nitrogen and oxygen atoms in total. The molecule has 1 aromatic heterocycles. The van der Waals surface area contributed by atoms with Crippen LogP contribution in [0.3, 0.4) is 0 Å². The van der Waals surface area contributed by atoms with Crippen molar-refractivity contribution >= 4 is 15.7 Å². The molecule has 0 aliphatic carbocycles. The summed E-state index contributed by atoms with van der Waals surface area (Å²) in [5.74, 6) is 0.299. The van der Waals surface area contributed by atoms with E-state index in [2.05, 4.69) is 15.3 Å². The van der Waals surface area contributed by atoms with E-state index in [0.717, 1.165) is 5.56 Å². The van der Waals surface area contributed by atoms with Crippen molar-refractivity contribution in [3.63, 3.8) is 0 Å². The van der Waals surface area contributed by atoms with Crippen LogP contribution in [0.2, 0.25) is 0 Å². The van der Waals surface area contributed by atoms with Gasteiger partial charge in [0, 0.05) is 44.1 Å². The van der Waals surface area contributed by atoms with Crippen molar-refractivity contribution < 1.29 is 13.2 Å². The van der Waals surface area contributed by atoms with Crippen molar-refractivity contribution in [2.75, 3.05) is 37.7 Å². The largest absolute Gasteiger partial charge is 0.351 e. The number of benzene rings is 1. The predicted octanol–water partition coefficient (Wildman–Crippen LogP) is 0.392. The second-order valence-electron chi connectivity index (χ2n) is 6.15. The fourth-order valence-corrected chi connectivity index (χ4v) is 4.02. The van der Waals surface area contributed by atoms with Crippen LogP contribution in [0.15, 0.2) is 42.7 Å². The molecule has 2 heterocycles. The summed E-state index contributed by atoms with van der Waals surface area (Å²) in [6.45, 7) is 2.93. The van der Waals surface area contributed by atoms with E-state index < -0.39 is 9.84 Å². The van der Waals surface area contributed by atoms with Gasteiger partial charge in [0.25, 0.3) is 5.91 Å². The molecule has 3 rings (SSSR count). The highest BCUT2D eigenvalue weighted by Gasteiger charge is 2.21. The van der Waals surface area contributed by atoms with E-state index in [1.54, 1.807) is 6.20 Å². The van der Waals surface area contributed by atoms with Gasteiger partial charge in [0.2, 0.25) is 0 Å². The number of hydrogen-bond acceptors (Lipinski definition) is 5. The summed E-state index contributed by atoms with van der Waals surface area (Å²) in [6.07, 6.45) is 3.63. The van der Waals surface area contributed by atoms with Gasteiger partial charge in [-0.1, -0.05) is 12.1 Å². The normalized spacial score (nSPS) is 17.3. The molecule has 1 aromatic carbocycles. The Morgan fingerprint density at radius 3 is 2.52 bits per heavy atom. The van der Waals surface area contributed by atoms with E-state index in [0.29, 0.717) is 38.3 Å². The minimum absolute atomic E-state index is 0.115. The summed E-state index contributed by atoms with van der Waals surface area (Å²) in [7, 11) is -2.86. The van der Waals surface area contributed by atoms with Crippen LogP contribution in [0.4, 0.5) is 0 Å². The Hall–Kier alpha value is -2.19. The van der Waals surface area contributed by atoms with Gasteiger partial charge in [-0.15, -0.1) is 0 Å². The molecule has 0 spiro atoms. The van der Waals surface area contributed by atoms with Crippen molar-refractivity contribution in [1.82, 2.24) is 20.0 Å². The zero-order chi connectivity index (χ0) is 17.7. The van der Waals surface area contributed by atoms with Gasteiger partial charge in [-0.25, -0.2) is 8.42 Å². The first-order chi connectivity index (χ1) is 12.0. The highest BCUT2D eigenvalue weighted by Crippen LogP contribution is 2.06. The monoisotopic (exact) mass is 362 g/mol. The Kier molecular flexibility index (Phi) is 5.50. The minimum atomic E-state index is -2.86. The lowest BCUT2D eigenvalue weighted by Gasteiger charge is -2.26. The Bertz CT molecular complexity index is 787. The molecule has 25 heavy (non-hydrogen) atoms. The van der Waals surface area contributed by atoms with E-state index >= 15 is 0 Å². The fraction of sp³-hybridized carbons (Fsp3) is 0.412. The number of sulfone groups is 1. The molecule has 2 aromatic rings. The maximum absolute atomic E-state index is 12.2. The Morgan fingerprint density at radius 2 is 1.88 bits per heavy atom. The van der Waals surface area contributed by atoms with E-state index in [-0.39, 0.29) is 17.4 Å². The number of hydrogen-bond donors (Lipinski definition) is 1. The molecule has 134 valence electrons. The second kappa shape index (κ2) is 7.79. The standard InChI is InChI=1S/C17H22N4O3S/c22-17(18-7-9-20-10-12-25(23,24)13-11-20)16-4-2-15(3-5-16)14-21-8-1-6-19-21/h1-6,8H,7,9-14H2,(H,18,22). The lowest BCUT2D eigenvalue weighted by molar-refractivity contribution is 0.0948. The first kappa shape index (κ1) is 17.6. The molecule has 0 unspecified atom stereocenters. The molecule has 8 heteroatoms. The zero-order valence-corrected chi connectivity index (χ0v) is 14.8. The molecule has 1 N–H and O–H groups in total. The number of amides is 1. The van der Waals surface area contributed by atoms with Gasteiger partial charge >= 0.3 is 0 Å². The number of nitrogens with zero attached hydrogens (tertiary/aromatic N) is 3. The SMILES string of the molecule is O=C(NCCN1CCS(=O)(=O)CC1)c1ccc(Cn2cccn2)cc1. The third-order valence-corrected chi connectivity index (χ3v) is 5.88. The highest BCUT2D eigenvalue weighted by atomic mass is 32.2. The molecule has 0 atom stereocenters. The molecule has 1 aliphatic rings. The van der Waals surface area contributed by atoms with Crippen LogP contribution in [-0.2, 0) is 16.4 Å². The van der Waals surface area contributed by atoms with Crippen molar-refractivity contribution in [3.8, 4) is 0 Å².